The predicted octanol–water partition coefficient (Wildman–Crippen LogP) is 2.41. The molecule has 0 spiro atoms. The maximum atomic E-state index is 12.2. The first kappa shape index (κ1) is 13.9. The first-order valence-electron chi connectivity index (χ1n) is 6.94. The number of rotatable bonds is 4. The number of carbonyl (C=O) groups is 1. The van der Waals surface area contributed by atoms with E-state index in [-0.39, 0.29) is 17.9 Å². The molecule has 1 heterocycles. The molecule has 4 nitrogen and oxygen atoms in total. The van der Waals surface area contributed by atoms with Gasteiger partial charge in [0.1, 0.15) is 5.75 Å². The molecule has 104 valence electrons. The van der Waals surface area contributed by atoms with Crippen LogP contribution in [0.5, 0.6) is 5.75 Å². The first-order chi connectivity index (χ1) is 9.16. The summed E-state index contributed by atoms with van der Waals surface area (Å²) >= 11 is 0. The van der Waals surface area contributed by atoms with Crippen molar-refractivity contribution in [1.29, 1.82) is 0 Å². The van der Waals surface area contributed by atoms with Crippen LogP contribution in [0.3, 0.4) is 0 Å². The fourth-order valence-corrected chi connectivity index (χ4v) is 2.25. The van der Waals surface area contributed by atoms with Crippen LogP contribution in [0.25, 0.3) is 0 Å². The van der Waals surface area contributed by atoms with Gasteiger partial charge in [-0.25, -0.2) is 0 Å². The third-order valence-corrected chi connectivity index (χ3v) is 3.22. The monoisotopic (exact) mass is 262 g/mol. The third kappa shape index (κ3) is 3.96. The second-order valence-electron chi connectivity index (χ2n) is 5.18. The van der Waals surface area contributed by atoms with Gasteiger partial charge in [0, 0.05) is 5.92 Å². The van der Waals surface area contributed by atoms with Crippen LogP contribution in [-0.2, 0) is 4.79 Å². The van der Waals surface area contributed by atoms with E-state index in [1.54, 1.807) is 0 Å². The Morgan fingerprint density at radius 2 is 2.00 bits per heavy atom. The molecular formula is C15H22N2O2. The van der Waals surface area contributed by atoms with Crippen molar-refractivity contribution in [3.05, 3.63) is 24.3 Å². The van der Waals surface area contributed by atoms with E-state index in [2.05, 4.69) is 10.6 Å². The van der Waals surface area contributed by atoms with Gasteiger partial charge in [0.05, 0.1) is 11.8 Å². The van der Waals surface area contributed by atoms with E-state index in [1.165, 1.54) is 0 Å². The Balaban J connectivity index is 2.03. The van der Waals surface area contributed by atoms with Gasteiger partial charge in [-0.15, -0.1) is 0 Å². The van der Waals surface area contributed by atoms with Crippen molar-refractivity contribution in [2.24, 2.45) is 5.92 Å². The van der Waals surface area contributed by atoms with Gasteiger partial charge in [-0.1, -0.05) is 12.1 Å². The molecular weight excluding hydrogens is 240 g/mol. The number of anilines is 1. The molecule has 0 saturated carbocycles. The Labute approximate surface area is 114 Å². The second kappa shape index (κ2) is 6.57. The Morgan fingerprint density at radius 1 is 1.32 bits per heavy atom. The quantitative estimate of drug-likeness (QED) is 0.876. The van der Waals surface area contributed by atoms with E-state index in [1.807, 2.05) is 38.1 Å². The summed E-state index contributed by atoms with van der Waals surface area (Å²) in [7, 11) is 0. The van der Waals surface area contributed by atoms with Crippen LogP contribution in [0.2, 0.25) is 0 Å². The lowest BCUT2D eigenvalue weighted by Gasteiger charge is -2.22. The Morgan fingerprint density at radius 3 is 2.68 bits per heavy atom. The highest BCUT2D eigenvalue weighted by molar-refractivity contribution is 5.94. The van der Waals surface area contributed by atoms with Crippen molar-refractivity contribution in [1.82, 2.24) is 5.32 Å². The van der Waals surface area contributed by atoms with Gasteiger partial charge in [-0.3, -0.25) is 4.79 Å². The SMILES string of the molecule is CC(C)Oc1ccccc1NC(=O)C1CCNCC1. The molecule has 1 saturated heterocycles. The number of piperidine rings is 1. The fraction of sp³-hybridized carbons (Fsp3) is 0.533. The number of nitrogens with one attached hydrogen (secondary N) is 2. The first-order valence-corrected chi connectivity index (χ1v) is 6.94. The molecule has 4 heteroatoms. The van der Waals surface area contributed by atoms with Gasteiger partial charge >= 0.3 is 0 Å². The van der Waals surface area contributed by atoms with Crippen molar-refractivity contribution in [2.45, 2.75) is 32.8 Å². The lowest BCUT2D eigenvalue weighted by Crippen LogP contribution is -2.34. The minimum atomic E-state index is 0.0944. The summed E-state index contributed by atoms with van der Waals surface area (Å²) < 4.78 is 5.71. The van der Waals surface area contributed by atoms with E-state index in [0.717, 1.165) is 37.4 Å². The van der Waals surface area contributed by atoms with Crippen LogP contribution < -0.4 is 15.4 Å². The zero-order valence-corrected chi connectivity index (χ0v) is 11.6. The van der Waals surface area contributed by atoms with Gasteiger partial charge in [-0.05, 0) is 51.9 Å². The highest BCUT2D eigenvalue weighted by atomic mass is 16.5. The zero-order valence-electron chi connectivity index (χ0n) is 11.6. The van der Waals surface area contributed by atoms with E-state index < -0.39 is 0 Å². The van der Waals surface area contributed by atoms with Crippen molar-refractivity contribution in [3.8, 4) is 5.75 Å². The summed E-state index contributed by atoms with van der Waals surface area (Å²) in [4.78, 5) is 12.2. The van der Waals surface area contributed by atoms with Gasteiger partial charge in [0.2, 0.25) is 5.91 Å². The molecule has 2 rings (SSSR count). The standard InChI is InChI=1S/C15H22N2O2/c1-11(2)19-14-6-4-3-5-13(14)17-15(18)12-7-9-16-10-8-12/h3-6,11-12,16H,7-10H2,1-2H3,(H,17,18). The number of carbonyl (C=O) groups excluding carboxylic acids is 1. The van der Waals surface area contributed by atoms with Crippen molar-refractivity contribution >= 4 is 11.6 Å². The van der Waals surface area contributed by atoms with Crippen LogP contribution in [0.1, 0.15) is 26.7 Å². The number of hydrogen-bond acceptors (Lipinski definition) is 3. The molecule has 19 heavy (non-hydrogen) atoms. The molecule has 0 bridgehead atoms. The van der Waals surface area contributed by atoms with Crippen LogP contribution in [0, 0.1) is 5.92 Å². The van der Waals surface area contributed by atoms with E-state index in [0.29, 0.717) is 0 Å². The van der Waals surface area contributed by atoms with Crippen LogP contribution >= 0.6 is 0 Å². The summed E-state index contributed by atoms with van der Waals surface area (Å²) in [5.41, 5.74) is 0.764. The van der Waals surface area contributed by atoms with Crippen molar-refractivity contribution in [2.75, 3.05) is 18.4 Å². The maximum absolute atomic E-state index is 12.2. The average Bonchev–Trinajstić information content (AvgIpc) is 2.41. The topological polar surface area (TPSA) is 50.4 Å². The second-order valence-corrected chi connectivity index (χ2v) is 5.18. The van der Waals surface area contributed by atoms with Crippen LogP contribution in [0.4, 0.5) is 5.69 Å². The molecule has 1 aliphatic rings. The third-order valence-electron chi connectivity index (χ3n) is 3.22. The fourth-order valence-electron chi connectivity index (χ4n) is 2.25. The summed E-state index contributed by atoms with van der Waals surface area (Å²) in [5, 5.41) is 6.26. The summed E-state index contributed by atoms with van der Waals surface area (Å²) in [6.07, 6.45) is 1.90. The molecule has 1 aromatic rings. The number of para-hydroxylation sites is 2. The molecule has 1 fully saturated rings. The van der Waals surface area contributed by atoms with Gasteiger partial charge in [0.15, 0.2) is 0 Å². The molecule has 0 unspecified atom stereocenters. The smallest absolute Gasteiger partial charge is 0.227 e. The van der Waals surface area contributed by atoms with Gasteiger partial charge in [0.25, 0.3) is 0 Å². The van der Waals surface area contributed by atoms with Crippen molar-refractivity contribution in [3.63, 3.8) is 0 Å². The molecule has 1 aromatic carbocycles. The van der Waals surface area contributed by atoms with Gasteiger partial charge in [-0.2, -0.15) is 0 Å². The molecule has 1 aliphatic heterocycles. The highest BCUT2D eigenvalue weighted by Gasteiger charge is 2.21. The average molecular weight is 262 g/mol. The predicted molar refractivity (Wildman–Crippen MR) is 76.4 cm³/mol. The molecule has 1 amide bonds. The maximum Gasteiger partial charge on any atom is 0.227 e. The van der Waals surface area contributed by atoms with Crippen molar-refractivity contribution < 1.29 is 9.53 Å². The number of benzene rings is 1. The molecule has 0 radical (unpaired) electrons. The van der Waals surface area contributed by atoms with Crippen LogP contribution in [0.15, 0.2) is 24.3 Å². The lowest BCUT2D eigenvalue weighted by molar-refractivity contribution is -0.120. The van der Waals surface area contributed by atoms with Gasteiger partial charge < -0.3 is 15.4 Å². The summed E-state index contributed by atoms with van der Waals surface area (Å²) in [6.45, 7) is 5.79. The Hall–Kier alpha value is -1.55. The highest BCUT2D eigenvalue weighted by Crippen LogP contribution is 2.26. The van der Waals surface area contributed by atoms with E-state index in [9.17, 15) is 4.79 Å². The lowest BCUT2D eigenvalue weighted by atomic mass is 9.97. The Bertz CT molecular complexity index is 426. The summed E-state index contributed by atoms with van der Waals surface area (Å²) in [6, 6.07) is 7.60. The molecule has 0 aromatic heterocycles. The largest absolute Gasteiger partial charge is 0.489 e. The van der Waals surface area contributed by atoms with E-state index >= 15 is 0 Å². The molecule has 2 N–H and O–H groups in total. The van der Waals surface area contributed by atoms with E-state index in [4.69, 9.17) is 4.74 Å². The number of ether oxygens (including phenoxy) is 1. The zero-order chi connectivity index (χ0) is 13.7. The van der Waals surface area contributed by atoms with Crippen LogP contribution in [-0.4, -0.2) is 25.1 Å². The molecule has 0 aliphatic carbocycles. The Kier molecular flexibility index (Phi) is 4.80. The molecule has 0 atom stereocenters. The number of amides is 1. The minimum absolute atomic E-state index is 0.0944. The summed E-state index contributed by atoms with van der Waals surface area (Å²) in [5.74, 6) is 0.939. The minimum Gasteiger partial charge on any atom is -0.489 e. The normalized spacial score (nSPS) is 16.4. The number of hydrogen-bond donors (Lipinski definition) is 2.